The third-order valence-corrected chi connectivity index (χ3v) is 8.68. The summed E-state index contributed by atoms with van der Waals surface area (Å²) in [7, 11) is 0. The summed E-state index contributed by atoms with van der Waals surface area (Å²) in [5.74, 6) is -1.30. The van der Waals surface area contributed by atoms with Gasteiger partial charge in [0.1, 0.15) is 11.7 Å². The first-order valence-electron chi connectivity index (χ1n) is 14.6. The molecule has 4 heteroatoms. The smallest absolute Gasteiger partial charge is 0.197 e. The number of benzene rings is 4. The highest BCUT2D eigenvalue weighted by atomic mass is 16.3. The molecule has 0 amide bonds. The molecular formula is C39H30O4. The molecule has 0 heterocycles. The van der Waals surface area contributed by atoms with Gasteiger partial charge < -0.3 is 5.11 Å². The lowest BCUT2D eigenvalue weighted by atomic mass is 9.75. The van der Waals surface area contributed by atoms with Crippen LogP contribution in [0.3, 0.4) is 0 Å². The predicted octanol–water partition coefficient (Wildman–Crippen LogP) is 8.94. The van der Waals surface area contributed by atoms with E-state index in [1.807, 2.05) is 91.0 Å². The number of hydrogen-bond acceptors (Lipinski definition) is 4. The highest BCUT2D eigenvalue weighted by molar-refractivity contribution is 6.28. The number of ketones is 3. The van der Waals surface area contributed by atoms with Crippen molar-refractivity contribution < 1.29 is 19.5 Å². The third kappa shape index (κ3) is 4.69. The van der Waals surface area contributed by atoms with Crippen molar-refractivity contribution in [1.82, 2.24) is 0 Å². The van der Waals surface area contributed by atoms with Crippen molar-refractivity contribution in [2.75, 3.05) is 0 Å². The molecule has 43 heavy (non-hydrogen) atoms. The van der Waals surface area contributed by atoms with E-state index in [2.05, 4.69) is 19.9 Å². The van der Waals surface area contributed by atoms with E-state index in [9.17, 15) is 19.5 Å². The number of aliphatic hydroxyl groups excluding tert-OH is 1. The first kappa shape index (κ1) is 26.8. The fraction of sp³-hybridized carbons (Fsp3) is 0.154. The van der Waals surface area contributed by atoms with Gasteiger partial charge in [-0.15, -0.1) is 0 Å². The molecular weight excluding hydrogens is 532 g/mol. The molecule has 0 aromatic heterocycles. The second-order valence-electron chi connectivity index (χ2n) is 12.5. The first-order valence-corrected chi connectivity index (χ1v) is 14.6. The normalized spacial score (nSPS) is 19.4. The van der Waals surface area contributed by atoms with E-state index >= 15 is 0 Å². The average molecular weight is 563 g/mol. The zero-order chi connectivity index (χ0) is 29.9. The van der Waals surface area contributed by atoms with Crippen LogP contribution in [-0.4, -0.2) is 22.5 Å². The Balaban J connectivity index is 1.13. The zero-order valence-electron chi connectivity index (χ0n) is 24.1. The Morgan fingerprint density at radius 3 is 1.84 bits per heavy atom. The number of hydrogen-bond donors (Lipinski definition) is 1. The molecule has 4 aromatic rings. The van der Waals surface area contributed by atoms with Gasteiger partial charge in [0.2, 0.25) is 0 Å². The average Bonchev–Trinajstić information content (AvgIpc) is 3.36. The van der Waals surface area contributed by atoms with E-state index in [-0.39, 0.29) is 28.5 Å². The maximum Gasteiger partial charge on any atom is 0.197 e. The van der Waals surface area contributed by atoms with Crippen molar-refractivity contribution in [2.24, 2.45) is 11.3 Å². The fourth-order valence-electron chi connectivity index (χ4n) is 6.66. The number of Topliss-reactive ketones (excluding diaryl/α,β-unsaturated/α-hetero) is 3. The Labute approximate surface area is 250 Å². The van der Waals surface area contributed by atoms with Crippen LogP contribution in [0.1, 0.15) is 63.3 Å². The van der Waals surface area contributed by atoms with E-state index in [1.165, 1.54) is 0 Å². The summed E-state index contributed by atoms with van der Waals surface area (Å²) < 4.78 is 0. The van der Waals surface area contributed by atoms with Gasteiger partial charge in [-0.25, -0.2) is 0 Å². The molecule has 3 aliphatic carbocycles. The van der Waals surface area contributed by atoms with Gasteiger partial charge in [0.05, 0.1) is 5.57 Å². The largest absolute Gasteiger partial charge is 0.507 e. The van der Waals surface area contributed by atoms with Crippen LogP contribution in [0.4, 0.5) is 0 Å². The maximum absolute atomic E-state index is 13.2. The first-order chi connectivity index (χ1) is 20.7. The molecule has 0 saturated carbocycles. The molecule has 3 aliphatic rings. The molecule has 4 nitrogen and oxygen atoms in total. The van der Waals surface area contributed by atoms with Crippen LogP contribution in [0.5, 0.6) is 0 Å². The lowest BCUT2D eigenvalue weighted by molar-refractivity contribution is 0.0870. The van der Waals surface area contributed by atoms with Gasteiger partial charge >= 0.3 is 0 Å². The molecule has 0 spiro atoms. The second kappa shape index (κ2) is 10.0. The molecule has 4 aromatic carbocycles. The van der Waals surface area contributed by atoms with Crippen molar-refractivity contribution in [3.63, 3.8) is 0 Å². The minimum absolute atomic E-state index is 0.0103. The van der Waals surface area contributed by atoms with Crippen molar-refractivity contribution in [1.29, 1.82) is 0 Å². The Kier molecular flexibility index (Phi) is 6.24. The van der Waals surface area contributed by atoms with Gasteiger partial charge in [-0.3, -0.25) is 14.4 Å². The maximum atomic E-state index is 13.2. The molecule has 0 fully saturated rings. The molecule has 0 saturated heterocycles. The van der Waals surface area contributed by atoms with E-state index in [0.29, 0.717) is 27.8 Å². The Bertz CT molecular complexity index is 2010. The number of carbonyl (C=O) groups is 3. The summed E-state index contributed by atoms with van der Waals surface area (Å²) in [6.07, 6.45) is 12.9. The Hall–Kier alpha value is -5.09. The Morgan fingerprint density at radius 1 is 0.721 bits per heavy atom. The fourth-order valence-corrected chi connectivity index (χ4v) is 6.66. The number of aliphatic hydroxyl groups is 1. The standard InChI is InChI=1S/C39H30O4/c1-39(2)21-23(8-7-13-29-35(40)31-17-25-9-3-4-10-26(25)18-32(31)36(29)41)16-24(22-39)14-15-30-37(42)33-19-27-11-5-6-12-28(27)20-34(33)38(30)43/h3-20,29,42H,21-22H2,1-2H3/b13-7+,15-14+,23-8-. The number of rotatable bonds is 4. The third-order valence-electron chi connectivity index (χ3n) is 8.68. The van der Waals surface area contributed by atoms with Crippen LogP contribution in [-0.2, 0) is 0 Å². The summed E-state index contributed by atoms with van der Waals surface area (Å²) >= 11 is 0. The van der Waals surface area contributed by atoms with Gasteiger partial charge in [-0.1, -0.05) is 92.8 Å². The van der Waals surface area contributed by atoms with Gasteiger partial charge in [0.25, 0.3) is 0 Å². The van der Waals surface area contributed by atoms with Gasteiger partial charge in [-0.05, 0) is 81.3 Å². The molecule has 0 unspecified atom stereocenters. The van der Waals surface area contributed by atoms with Crippen molar-refractivity contribution in [3.8, 4) is 0 Å². The van der Waals surface area contributed by atoms with E-state index in [0.717, 1.165) is 45.5 Å². The predicted molar refractivity (Wildman–Crippen MR) is 171 cm³/mol. The molecule has 0 aliphatic heterocycles. The molecule has 0 bridgehead atoms. The van der Waals surface area contributed by atoms with Crippen molar-refractivity contribution in [3.05, 3.63) is 148 Å². The van der Waals surface area contributed by atoms with Gasteiger partial charge in [0, 0.05) is 22.3 Å². The second-order valence-corrected chi connectivity index (χ2v) is 12.5. The summed E-state index contributed by atoms with van der Waals surface area (Å²) in [6.45, 7) is 4.38. The Morgan fingerprint density at radius 2 is 1.26 bits per heavy atom. The quantitative estimate of drug-likeness (QED) is 0.252. The van der Waals surface area contributed by atoms with Crippen LogP contribution in [0.15, 0.2) is 126 Å². The summed E-state index contributed by atoms with van der Waals surface area (Å²) in [5.41, 5.74) is 4.45. The zero-order valence-corrected chi connectivity index (χ0v) is 24.1. The molecule has 7 rings (SSSR count). The van der Waals surface area contributed by atoms with Crippen LogP contribution < -0.4 is 0 Å². The molecule has 0 radical (unpaired) electrons. The van der Waals surface area contributed by atoms with Gasteiger partial charge in [-0.2, -0.15) is 0 Å². The van der Waals surface area contributed by atoms with E-state index in [1.54, 1.807) is 12.2 Å². The van der Waals surface area contributed by atoms with Crippen LogP contribution in [0.2, 0.25) is 0 Å². The topological polar surface area (TPSA) is 71.4 Å². The SMILES string of the molecule is CC1(C)CC(/C=C/C2=C(O)c3cc4ccccc4cc3C2=O)=CC(=C/C=C/C2C(=O)c3cc4ccccc4cc3C2=O)/C1. The molecule has 1 N–H and O–H groups in total. The highest BCUT2D eigenvalue weighted by Gasteiger charge is 2.37. The van der Waals surface area contributed by atoms with E-state index < -0.39 is 5.92 Å². The monoisotopic (exact) mass is 562 g/mol. The van der Waals surface area contributed by atoms with Crippen LogP contribution in [0.25, 0.3) is 27.3 Å². The number of carbonyl (C=O) groups excluding carboxylic acids is 3. The molecule has 0 atom stereocenters. The lowest BCUT2D eigenvalue weighted by Crippen LogP contribution is -2.16. The summed E-state index contributed by atoms with van der Waals surface area (Å²) in [5, 5.41) is 14.8. The van der Waals surface area contributed by atoms with Gasteiger partial charge in [0.15, 0.2) is 17.3 Å². The summed E-state index contributed by atoms with van der Waals surface area (Å²) in [6, 6.07) is 22.9. The lowest BCUT2D eigenvalue weighted by Gasteiger charge is -2.30. The minimum atomic E-state index is -0.815. The minimum Gasteiger partial charge on any atom is -0.507 e. The van der Waals surface area contributed by atoms with Crippen LogP contribution >= 0.6 is 0 Å². The van der Waals surface area contributed by atoms with Crippen molar-refractivity contribution in [2.45, 2.75) is 26.7 Å². The van der Waals surface area contributed by atoms with Crippen molar-refractivity contribution >= 4 is 44.7 Å². The number of fused-ring (bicyclic) bond motifs is 4. The summed E-state index contributed by atoms with van der Waals surface area (Å²) in [4.78, 5) is 39.5. The highest BCUT2D eigenvalue weighted by Crippen LogP contribution is 2.40. The van der Waals surface area contributed by atoms with Crippen LogP contribution in [0, 0.1) is 11.3 Å². The van der Waals surface area contributed by atoms with E-state index in [4.69, 9.17) is 0 Å². The molecule has 210 valence electrons. The number of allylic oxidation sites excluding steroid dienone is 9.